The van der Waals surface area contributed by atoms with Gasteiger partial charge in [0.15, 0.2) is 0 Å². The number of carbonyl (C=O) groups is 3. The summed E-state index contributed by atoms with van der Waals surface area (Å²) >= 11 is 0. The molecule has 0 aromatic heterocycles. The molecule has 3 amide bonds. The van der Waals surface area contributed by atoms with Gasteiger partial charge in [-0.3, -0.25) is 9.59 Å². The molecule has 7 heteroatoms. The van der Waals surface area contributed by atoms with E-state index in [9.17, 15) is 14.4 Å². The minimum absolute atomic E-state index is 0.271. The average molecular weight is 482 g/mol. The molecular formula is C28H39N3O4. The number of carbonyl (C=O) groups excluding carboxylic acids is 3. The molecule has 0 spiro atoms. The summed E-state index contributed by atoms with van der Waals surface area (Å²) in [7, 11) is 0. The van der Waals surface area contributed by atoms with Gasteiger partial charge in [0.2, 0.25) is 5.91 Å². The molecule has 0 aliphatic rings. The second kappa shape index (κ2) is 11.9. The molecule has 7 nitrogen and oxygen atoms in total. The Morgan fingerprint density at radius 1 is 0.943 bits per heavy atom. The van der Waals surface area contributed by atoms with E-state index in [4.69, 9.17) is 4.74 Å². The molecule has 0 aliphatic carbocycles. The van der Waals surface area contributed by atoms with Crippen LogP contribution in [0, 0.1) is 27.7 Å². The Morgan fingerprint density at radius 2 is 1.51 bits per heavy atom. The molecule has 0 radical (unpaired) electrons. The maximum atomic E-state index is 13.8. The van der Waals surface area contributed by atoms with Gasteiger partial charge in [0.25, 0.3) is 5.91 Å². The number of alkyl carbamates (subject to hydrolysis) is 1. The minimum Gasteiger partial charge on any atom is -0.444 e. The fourth-order valence-corrected chi connectivity index (χ4v) is 3.93. The third-order valence-electron chi connectivity index (χ3n) is 5.80. The van der Waals surface area contributed by atoms with Crippen molar-refractivity contribution in [3.8, 4) is 0 Å². The number of para-hydroxylation sites is 1. The van der Waals surface area contributed by atoms with Crippen LogP contribution < -0.4 is 10.6 Å². The molecule has 1 atom stereocenters. The number of amides is 3. The molecule has 2 aromatic carbocycles. The Labute approximate surface area is 209 Å². The average Bonchev–Trinajstić information content (AvgIpc) is 2.76. The quantitative estimate of drug-likeness (QED) is 0.531. The van der Waals surface area contributed by atoms with Crippen molar-refractivity contribution < 1.29 is 19.1 Å². The van der Waals surface area contributed by atoms with Crippen LogP contribution >= 0.6 is 0 Å². The lowest BCUT2D eigenvalue weighted by atomic mass is 9.95. The second-order valence-corrected chi connectivity index (χ2v) is 9.89. The number of nitrogens with one attached hydrogen (secondary N) is 2. The van der Waals surface area contributed by atoms with E-state index in [1.165, 1.54) is 0 Å². The highest BCUT2D eigenvalue weighted by Gasteiger charge is 2.33. The number of benzene rings is 2. The van der Waals surface area contributed by atoms with Crippen molar-refractivity contribution >= 4 is 23.6 Å². The summed E-state index contributed by atoms with van der Waals surface area (Å²) in [5.41, 5.74) is 4.68. The molecule has 0 heterocycles. The summed E-state index contributed by atoms with van der Waals surface area (Å²) in [4.78, 5) is 40.9. The van der Waals surface area contributed by atoms with Crippen LogP contribution in [0.5, 0.6) is 0 Å². The Morgan fingerprint density at radius 3 is 2.09 bits per heavy atom. The van der Waals surface area contributed by atoms with Crippen LogP contribution in [-0.4, -0.2) is 41.5 Å². The van der Waals surface area contributed by atoms with Crippen LogP contribution in [-0.2, 0) is 14.3 Å². The molecule has 35 heavy (non-hydrogen) atoms. The molecule has 2 rings (SSSR count). The Balaban J connectivity index is 2.44. The molecule has 0 saturated heterocycles. The predicted molar refractivity (Wildman–Crippen MR) is 139 cm³/mol. The Bertz CT molecular complexity index is 1050. The highest BCUT2D eigenvalue weighted by molar-refractivity contribution is 5.99. The first-order chi connectivity index (χ1) is 16.4. The number of hydrogen-bond acceptors (Lipinski definition) is 4. The fraction of sp³-hybridized carbons (Fsp3) is 0.464. The van der Waals surface area contributed by atoms with Crippen LogP contribution in [0.4, 0.5) is 10.5 Å². The normalized spacial score (nSPS) is 12.0. The van der Waals surface area contributed by atoms with Gasteiger partial charge in [0, 0.05) is 12.2 Å². The van der Waals surface area contributed by atoms with Crippen molar-refractivity contribution in [2.24, 2.45) is 0 Å². The van der Waals surface area contributed by atoms with Crippen LogP contribution in [0.1, 0.15) is 68.0 Å². The highest BCUT2D eigenvalue weighted by atomic mass is 16.6. The van der Waals surface area contributed by atoms with Gasteiger partial charge < -0.3 is 20.3 Å². The number of hydrogen-bond donors (Lipinski definition) is 2. The highest BCUT2D eigenvalue weighted by Crippen LogP contribution is 2.29. The zero-order chi connectivity index (χ0) is 26.3. The topological polar surface area (TPSA) is 87.7 Å². The van der Waals surface area contributed by atoms with Gasteiger partial charge in [0.05, 0.1) is 0 Å². The molecule has 1 unspecified atom stereocenters. The standard InChI is InChI=1S/C28H39N3O4/c1-9-16-31(23(32)17-29-27(34)35-28(6,7)8)25(22-15-11-12-18(2)21(22)5)26(33)30-24-19(3)13-10-14-20(24)4/h10-15,25H,9,16-17H2,1-8H3,(H,29,34)(H,30,33). The Hall–Kier alpha value is -3.35. The number of nitrogens with zero attached hydrogens (tertiary/aromatic N) is 1. The lowest BCUT2D eigenvalue weighted by Gasteiger charge is -2.33. The Kier molecular flexibility index (Phi) is 9.46. The summed E-state index contributed by atoms with van der Waals surface area (Å²) in [6.07, 6.45) is -0.0264. The summed E-state index contributed by atoms with van der Waals surface area (Å²) in [6, 6.07) is 10.7. The third-order valence-corrected chi connectivity index (χ3v) is 5.80. The maximum Gasteiger partial charge on any atom is 0.408 e. The summed E-state index contributed by atoms with van der Waals surface area (Å²) in [5, 5.41) is 5.60. The molecule has 190 valence electrons. The predicted octanol–water partition coefficient (Wildman–Crippen LogP) is 5.36. The molecule has 0 fully saturated rings. The molecule has 2 N–H and O–H groups in total. The maximum absolute atomic E-state index is 13.8. The lowest BCUT2D eigenvalue weighted by Crippen LogP contribution is -2.47. The van der Waals surface area contributed by atoms with E-state index >= 15 is 0 Å². The van der Waals surface area contributed by atoms with Crippen LogP contribution in [0.3, 0.4) is 0 Å². The van der Waals surface area contributed by atoms with Gasteiger partial charge in [-0.2, -0.15) is 0 Å². The van der Waals surface area contributed by atoms with Crippen molar-refractivity contribution in [2.45, 2.75) is 73.5 Å². The first-order valence-electron chi connectivity index (χ1n) is 12.0. The smallest absolute Gasteiger partial charge is 0.408 e. The number of ether oxygens (including phenoxy) is 1. The van der Waals surface area contributed by atoms with E-state index in [1.807, 2.05) is 71.0 Å². The van der Waals surface area contributed by atoms with Crippen molar-refractivity contribution in [3.63, 3.8) is 0 Å². The minimum atomic E-state index is -0.859. The molecular weight excluding hydrogens is 442 g/mol. The fourth-order valence-electron chi connectivity index (χ4n) is 3.93. The first kappa shape index (κ1) is 27.9. The van der Waals surface area contributed by atoms with Crippen molar-refractivity contribution in [2.75, 3.05) is 18.4 Å². The van der Waals surface area contributed by atoms with Crippen LogP contribution in [0.15, 0.2) is 36.4 Å². The zero-order valence-electron chi connectivity index (χ0n) is 22.2. The first-order valence-corrected chi connectivity index (χ1v) is 12.0. The SMILES string of the molecule is CCCN(C(=O)CNC(=O)OC(C)(C)C)C(C(=O)Nc1c(C)cccc1C)c1cccc(C)c1C. The zero-order valence-corrected chi connectivity index (χ0v) is 22.2. The van der Waals surface area contributed by atoms with Gasteiger partial charge in [0.1, 0.15) is 18.2 Å². The second-order valence-electron chi connectivity index (χ2n) is 9.89. The van der Waals surface area contributed by atoms with Gasteiger partial charge >= 0.3 is 6.09 Å². The third kappa shape index (κ3) is 7.57. The lowest BCUT2D eigenvalue weighted by molar-refractivity contribution is -0.138. The van der Waals surface area contributed by atoms with E-state index in [2.05, 4.69) is 10.6 Å². The van der Waals surface area contributed by atoms with Gasteiger partial charge in [-0.15, -0.1) is 0 Å². The molecule has 0 aliphatic heterocycles. The van der Waals surface area contributed by atoms with E-state index in [0.29, 0.717) is 13.0 Å². The van der Waals surface area contributed by atoms with Crippen molar-refractivity contribution in [1.29, 1.82) is 0 Å². The van der Waals surface area contributed by atoms with E-state index in [-0.39, 0.29) is 18.4 Å². The number of aryl methyl sites for hydroxylation is 3. The largest absolute Gasteiger partial charge is 0.444 e. The number of anilines is 1. The monoisotopic (exact) mass is 481 g/mol. The van der Waals surface area contributed by atoms with E-state index in [0.717, 1.165) is 33.5 Å². The van der Waals surface area contributed by atoms with Crippen molar-refractivity contribution in [1.82, 2.24) is 10.2 Å². The number of rotatable bonds is 8. The van der Waals surface area contributed by atoms with E-state index in [1.54, 1.807) is 25.7 Å². The molecule has 2 aromatic rings. The summed E-state index contributed by atoms with van der Waals surface area (Å²) in [6.45, 7) is 15.1. The van der Waals surface area contributed by atoms with Gasteiger partial charge in [-0.05, 0) is 82.7 Å². The van der Waals surface area contributed by atoms with Crippen molar-refractivity contribution in [3.05, 3.63) is 64.2 Å². The van der Waals surface area contributed by atoms with Gasteiger partial charge in [-0.1, -0.05) is 43.3 Å². The molecule has 0 bridgehead atoms. The summed E-state index contributed by atoms with van der Waals surface area (Å²) < 4.78 is 5.26. The van der Waals surface area contributed by atoms with E-state index < -0.39 is 17.7 Å². The molecule has 0 saturated carbocycles. The van der Waals surface area contributed by atoms with Crippen LogP contribution in [0.25, 0.3) is 0 Å². The van der Waals surface area contributed by atoms with Gasteiger partial charge in [-0.25, -0.2) is 4.79 Å². The van der Waals surface area contributed by atoms with Crippen LogP contribution in [0.2, 0.25) is 0 Å². The summed E-state index contributed by atoms with van der Waals surface area (Å²) in [5.74, 6) is -0.657.